The minimum atomic E-state index is 0.615. The molecular weight excluding hydrogens is 224 g/mol. The van der Waals surface area contributed by atoms with Gasteiger partial charge in [-0.2, -0.15) is 5.26 Å². The van der Waals surface area contributed by atoms with E-state index in [9.17, 15) is 0 Å². The number of fused-ring (bicyclic) bond motifs is 1. The lowest BCUT2D eigenvalue weighted by atomic mass is 10.1. The van der Waals surface area contributed by atoms with E-state index in [4.69, 9.17) is 11.0 Å². The second-order valence-electron chi connectivity index (χ2n) is 4.04. The van der Waals surface area contributed by atoms with Gasteiger partial charge in [-0.3, -0.25) is 0 Å². The molecule has 0 aliphatic rings. The Bertz CT molecular complexity index is 748. The molecule has 0 unspecified atom stereocenters. The third-order valence-corrected chi connectivity index (χ3v) is 2.79. The van der Waals surface area contributed by atoms with Crippen molar-refractivity contribution in [1.82, 2.24) is 9.38 Å². The highest BCUT2D eigenvalue weighted by molar-refractivity contribution is 5.64. The summed E-state index contributed by atoms with van der Waals surface area (Å²) in [6, 6.07) is 13.3. The molecule has 3 rings (SSSR count). The van der Waals surface area contributed by atoms with Gasteiger partial charge in [-0.05, 0) is 24.3 Å². The van der Waals surface area contributed by atoms with Crippen LogP contribution in [-0.4, -0.2) is 9.38 Å². The fourth-order valence-corrected chi connectivity index (χ4v) is 1.85. The van der Waals surface area contributed by atoms with Crippen LogP contribution in [0.3, 0.4) is 0 Å². The van der Waals surface area contributed by atoms with Crippen LogP contribution in [0.15, 0.2) is 48.8 Å². The summed E-state index contributed by atoms with van der Waals surface area (Å²) < 4.78 is 1.85. The van der Waals surface area contributed by atoms with Gasteiger partial charge in [0.15, 0.2) is 0 Å². The summed E-state index contributed by atoms with van der Waals surface area (Å²) in [5.74, 6) is 0. The zero-order valence-corrected chi connectivity index (χ0v) is 9.54. The maximum Gasteiger partial charge on any atom is 0.137 e. The summed E-state index contributed by atoms with van der Waals surface area (Å²) in [4.78, 5) is 4.50. The van der Waals surface area contributed by atoms with Crippen LogP contribution < -0.4 is 5.73 Å². The second-order valence-corrected chi connectivity index (χ2v) is 4.04. The topological polar surface area (TPSA) is 67.1 Å². The van der Waals surface area contributed by atoms with Crippen LogP contribution in [0, 0.1) is 11.3 Å². The van der Waals surface area contributed by atoms with Gasteiger partial charge < -0.3 is 10.1 Å². The van der Waals surface area contributed by atoms with Crippen molar-refractivity contribution in [2.75, 3.05) is 5.73 Å². The lowest BCUT2D eigenvalue weighted by Crippen LogP contribution is -1.83. The second kappa shape index (κ2) is 3.90. The van der Waals surface area contributed by atoms with Crippen molar-refractivity contribution in [3.63, 3.8) is 0 Å². The van der Waals surface area contributed by atoms with Crippen LogP contribution in [0.5, 0.6) is 0 Å². The van der Waals surface area contributed by atoms with Crippen LogP contribution in [-0.2, 0) is 0 Å². The van der Waals surface area contributed by atoms with E-state index in [2.05, 4.69) is 11.1 Å². The lowest BCUT2D eigenvalue weighted by molar-refractivity contribution is 1.17. The molecule has 0 aliphatic carbocycles. The van der Waals surface area contributed by atoms with Gasteiger partial charge in [0.05, 0.1) is 11.3 Å². The van der Waals surface area contributed by atoms with Gasteiger partial charge in [0.25, 0.3) is 0 Å². The van der Waals surface area contributed by atoms with Crippen LogP contribution in [0.25, 0.3) is 16.9 Å². The molecule has 0 saturated carbocycles. The highest BCUT2D eigenvalue weighted by Gasteiger charge is 2.04. The van der Waals surface area contributed by atoms with Crippen molar-refractivity contribution in [2.24, 2.45) is 0 Å². The molecule has 4 heteroatoms. The molecule has 0 fully saturated rings. The fourth-order valence-electron chi connectivity index (χ4n) is 1.85. The Morgan fingerprint density at radius 2 is 1.83 bits per heavy atom. The molecule has 18 heavy (non-hydrogen) atoms. The van der Waals surface area contributed by atoms with Gasteiger partial charge in [-0.25, -0.2) is 4.98 Å². The molecule has 0 bridgehead atoms. The standard InChI is InChI=1S/C14H10N4/c15-7-10-1-6-14-17-13(9-18(14)8-10)11-2-4-12(16)5-3-11/h1-6,8-9H,16H2. The van der Waals surface area contributed by atoms with Gasteiger partial charge in [-0.1, -0.05) is 12.1 Å². The number of nitrogen functional groups attached to an aromatic ring is 1. The Hall–Kier alpha value is -2.80. The van der Waals surface area contributed by atoms with E-state index in [1.54, 1.807) is 12.3 Å². The summed E-state index contributed by atoms with van der Waals surface area (Å²) in [5, 5.41) is 8.85. The lowest BCUT2D eigenvalue weighted by Gasteiger charge is -1.96. The van der Waals surface area contributed by atoms with Gasteiger partial charge in [0.2, 0.25) is 0 Å². The average Bonchev–Trinajstić information content (AvgIpc) is 2.82. The number of hydrogen-bond acceptors (Lipinski definition) is 3. The number of benzene rings is 1. The number of nitrogens with zero attached hydrogens (tertiary/aromatic N) is 3. The molecule has 0 amide bonds. The number of nitrogens with two attached hydrogens (primary N) is 1. The highest BCUT2D eigenvalue weighted by atomic mass is 15.0. The van der Waals surface area contributed by atoms with Crippen LogP contribution in [0.1, 0.15) is 5.56 Å². The number of aromatic nitrogens is 2. The van der Waals surface area contributed by atoms with Crippen LogP contribution >= 0.6 is 0 Å². The van der Waals surface area contributed by atoms with Gasteiger partial charge in [0, 0.05) is 23.6 Å². The maximum absolute atomic E-state index is 8.85. The van der Waals surface area contributed by atoms with E-state index in [1.807, 2.05) is 40.9 Å². The number of nitriles is 1. The molecule has 2 heterocycles. The molecule has 1 aromatic carbocycles. The Balaban J connectivity index is 2.13. The quantitative estimate of drug-likeness (QED) is 0.657. The Labute approximate surface area is 104 Å². The molecule has 2 aromatic heterocycles. The smallest absolute Gasteiger partial charge is 0.137 e. The van der Waals surface area contributed by atoms with E-state index in [0.717, 1.165) is 22.6 Å². The SMILES string of the molecule is N#Cc1ccc2nc(-c3ccc(N)cc3)cn2c1. The van der Waals surface area contributed by atoms with Gasteiger partial charge >= 0.3 is 0 Å². The summed E-state index contributed by atoms with van der Waals surface area (Å²) >= 11 is 0. The number of pyridine rings is 1. The van der Waals surface area contributed by atoms with Crippen molar-refractivity contribution in [1.29, 1.82) is 5.26 Å². The molecule has 0 radical (unpaired) electrons. The first-order chi connectivity index (χ1) is 8.76. The first-order valence-electron chi connectivity index (χ1n) is 5.51. The highest BCUT2D eigenvalue weighted by Crippen LogP contribution is 2.20. The predicted octanol–water partition coefficient (Wildman–Crippen LogP) is 2.46. The van der Waals surface area contributed by atoms with Gasteiger partial charge in [-0.15, -0.1) is 0 Å². The average molecular weight is 234 g/mol. The molecule has 4 nitrogen and oxygen atoms in total. The van der Waals surface area contributed by atoms with Crippen molar-refractivity contribution >= 4 is 11.3 Å². The molecule has 0 spiro atoms. The number of hydrogen-bond donors (Lipinski definition) is 1. The minimum Gasteiger partial charge on any atom is -0.399 e. The summed E-state index contributed by atoms with van der Waals surface area (Å²) in [5.41, 5.74) is 9.69. The van der Waals surface area contributed by atoms with Crippen molar-refractivity contribution in [3.05, 3.63) is 54.4 Å². The maximum atomic E-state index is 8.85. The van der Waals surface area contributed by atoms with Crippen molar-refractivity contribution < 1.29 is 0 Å². The molecule has 3 aromatic rings. The van der Waals surface area contributed by atoms with E-state index in [0.29, 0.717) is 5.56 Å². The third-order valence-electron chi connectivity index (χ3n) is 2.79. The molecule has 2 N–H and O–H groups in total. The Kier molecular flexibility index (Phi) is 2.24. The third kappa shape index (κ3) is 1.68. The van der Waals surface area contributed by atoms with Crippen molar-refractivity contribution in [3.8, 4) is 17.3 Å². The van der Waals surface area contributed by atoms with E-state index < -0.39 is 0 Å². The fraction of sp³-hybridized carbons (Fsp3) is 0. The van der Waals surface area contributed by atoms with Crippen molar-refractivity contribution in [2.45, 2.75) is 0 Å². The first-order valence-corrected chi connectivity index (χ1v) is 5.51. The van der Waals surface area contributed by atoms with Gasteiger partial charge in [0.1, 0.15) is 11.7 Å². The Morgan fingerprint density at radius 3 is 2.56 bits per heavy atom. The molecule has 86 valence electrons. The molecule has 0 saturated heterocycles. The predicted molar refractivity (Wildman–Crippen MR) is 69.8 cm³/mol. The minimum absolute atomic E-state index is 0.615. The molecule has 0 atom stereocenters. The van der Waals surface area contributed by atoms with E-state index in [-0.39, 0.29) is 0 Å². The number of rotatable bonds is 1. The zero-order chi connectivity index (χ0) is 12.5. The Morgan fingerprint density at radius 1 is 1.06 bits per heavy atom. The van der Waals surface area contributed by atoms with E-state index in [1.165, 1.54) is 0 Å². The first kappa shape index (κ1) is 10.4. The van der Waals surface area contributed by atoms with Crippen LogP contribution in [0.4, 0.5) is 5.69 Å². The normalized spacial score (nSPS) is 10.4. The summed E-state index contributed by atoms with van der Waals surface area (Å²) in [6.45, 7) is 0. The molecular formula is C14H10N4. The van der Waals surface area contributed by atoms with Crippen LogP contribution in [0.2, 0.25) is 0 Å². The molecule has 0 aliphatic heterocycles. The monoisotopic (exact) mass is 234 g/mol. The summed E-state index contributed by atoms with van der Waals surface area (Å²) in [6.07, 6.45) is 3.67. The number of imidazole rings is 1. The van der Waals surface area contributed by atoms with E-state index >= 15 is 0 Å². The summed E-state index contributed by atoms with van der Waals surface area (Å²) in [7, 11) is 0. The zero-order valence-electron chi connectivity index (χ0n) is 9.54. The number of anilines is 1. The largest absolute Gasteiger partial charge is 0.399 e.